The second-order valence-electron chi connectivity index (χ2n) is 4.59. The SMILES string of the molecule is COC(=O)/C(=C/c1cnc(-c2cccnc2)s1)c1ccncc1. The maximum absolute atomic E-state index is 12.1. The highest BCUT2D eigenvalue weighted by atomic mass is 32.1. The van der Waals surface area contributed by atoms with Crippen LogP contribution < -0.4 is 0 Å². The third kappa shape index (κ3) is 3.49. The van der Waals surface area contributed by atoms with Crippen molar-refractivity contribution in [1.29, 1.82) is 0 Å². The highest BCUT2D eigenvalue weighted by Crippen LogP contribution is 2.28. The van der Waals surface area contributed by atoms with E-state index < -0.39 is 5.97 Å². The van der Waals surface area contributed by atoms with Crippen LogP contribution in [0.4, 0.5) is 0 Å². The van der Waals surface area contributed by atoms with E-state index in [4.69, 9.17) is 4.74 Å². The summed E-state index contributed by atoms with van der Waals surface area (Å²) in [6, 6.07) is 7.35. The number of carbonyl (C=O) groups is 1. The van der Waals surface area contributed by atoms with Crippen LogP contribution in [-0.2, 0) is 9.53 Å². The molecule has 0 fully saturated rings. The zero-order valence-electron chi connectivity index (χ0n) is 12.3. The zero-order chi connectivity index (χ0) is 16.1. The molecule has 0 aliphatic carbocycles. The van der Waals surface area contributed by atoms with Crippen LogP contribution >= 0.6 is 11.3 Å². The van der Waals surface area contributed by atoms with Gasteiger partial charge in [0.25, 0.3) is 0 Å². The van der Waals surface area contributed by atoms with Crippen molar-refractivity contribution >= 4 is 29.0 Å². The summed E-state index contributed by atoms with van der Waals surface area (Å²) in [5.41, 5.74) is 2.17. The predicted octanol–water partition coefficient (Wildman–Crippen LogP) is 3.31. The Morgan fingerprint density at radius 3 is 2.65 bits per heavy atom. The first-order valence-corrected chi connectivity index (χ1v) is 7.66. The van der Waals surface area contributed by atoms with Crippen LogP contribution in [0.3, 0.4) is 0 Å². The summed E-state index contributed by atoms with van der Waals surface area (Å²) < 4.78 is 4.88. The van der Waals surface area contributed by atoms with Crippen molar-refractivity contribution in [3.05, 3.63) is 65.7 Å². The highest BCUT2D eigenvalue weighted by molar-refractivity contribution is 7.15. The number of ether oxygens (including phenoxy) is 1. The normalized spacial score (nSPS) is 11.3. The van der Waals surface area contributed by atoms with Gasteiger partial charge in [0.05, 0.1) is 12.7 Å². The van der Waals surface area contributed by atoms with Gasteiger partial charge in [-0.2, -0.15) is 0 Å². The van der Waals surface area contributed by atoms with Gasteiger partial charge in [-0.25, -0.2) is 9.78 Å². The second-order valence-corrected chi connectivity index (χ2v) is 5.66. The van der Waals surface area contributed by atoms with Gasteiger partial charge in [0.1, 0.15) is 5.01 Å². The molecule has 0 atom stereocenters. The first-order valence-electron chi connectivity index (χ1n) is 6.84. The second kappa shape index (κ2) is 6.93. The molecular weight excluding hydrogens is 310 g/mol. The molecule has 0 spiro atoms. The minimum atomic E-state index is -0.396. The van der Waals surface area contributed by atoms with E-state index in [9.17, 15) is 4.79 Å². The van der Waals surface area contributed by atoms with Gasteiger partial charge >= 0.3 is 5.97 Å². The van der Waals surface area contributed by atoms with Crippen LogP contribution in [0.25, 0.3) is 22.2 Å². The van der Waals surface area contributed by atoms with Gasteiger partial charge in [-0.15, -0.1) is 11.3 Å². The molecule has 3 rings (SSSR count). The Labute approximate surface area is 137 Å². The third-order valence-corrected chi connectivity index (χ3v) is 4.11. The molecule has 23 heavy (non-hydrogen) atoms. The Hall–Kier alpha value is -2.86. The smallest absolute Gasteiger partial charge is 0.338 e. The van der Waals surface area contributed by atoms with E-state index in [1.54, 1.807) is 49.2 Å². The standard InChI is InChI=1S/C17H13N3O2S/c1-22-17(21)15(12-4-7-18-8-5-12)9-14-11-20-16(23-14)13-3-2-6-19-10-13/h2-11H,1H3/b15-9+. The van der Waals surface area contributed by atoms with Crippen LogP contribution in [-0.4, -0.2) is 28.0 Å². The van der Waals surface area contributed by atoms with Crippen molar-refractivity contribution in [3.8, 4) is 10.6 Å². The third-order valence-electron chi connectivity index (χ3n) is 3.12. The highest BCUT2D eigenvalue weighted by Gasteiger charge is 2.13. The molecule has 0 aromatic carbocycles. The summed E-state index contributed by atoms with van der Waals surface area (Å²) in [7, 11) is 1.37. The molecule has 0 bridgehead atoms. The fourth-order valence-electron chi connectivity index (χ4n) is 2.02. The minimum Gasteiger partial charge on any atom is -0.465 e. The van der Waals surface area contributed by atoms with Gasteiger partial charge in [-0.1, -0.05) is 0 Å². The molecule has 3 aromatic heterocycles. The molecule has 3 aromatic rings. The van der Waals surface area contributed by atoms with Crippen LogP contribution in [0.2, 0.25) is 0 Å². The topological polar surface area (TPSA) is 65.0 Å². The number of methoxy groups -OCH3 is 1. The molecule has 3 heterocycles. The van der Waals surface area contributed by atoms with E-state index >= 15 is 0 Å². The van der Waals surface area contributed by atoms with Crippen molar-refractivity contribution in [1.82, 2.24) is 15.0 Å². The summed E-state index contributed by atoms with van der Waals surface area (Å²) in [5.74, 6) is -0.396. The molecule has 0 saturated carbocycles. The van der Waals surface area contributed by atoms with Crippen molar-refractivity contribution in [2.45, 2.75) is 0 Å². The summed E-state index contributed by atoms with van der Waals surface area (Å²) in [6.07, 6.45) is 10.3. The lowest BCUT2D eigenvalue weighted by molar-refractivity contribution is -0.133. The van der Waals surface area contributed by atoms with E-state index in [1.165, 1.54) is 18.4 Å². The Morgan fingerprint density at radius 2 is 1.96 bits per heavy atom. The molecular formula is C17H13N3O2S. The number of carbonyl (C=O) groups excluding carboxylic acids is 1. The van der Waals surface area contributed by atoms with Crippen molar-refractivity contribution in [2.75, 3.05) is 7.11 Å². The molecule has 0 N–H and O–H groups in total. The van der Waals surface area contributed by atoms with E-state index in [0.29, 0.717) is 5.57 Å². The number of thiazole rings is 1. The van der Waals surface area contributed by atoms with E-state index in [2.05, 4.69) is 15.0 Å². The fraction of sp³-hybridized carbons (Fsp3) is 0.0588. The largest absolute Gasteiger partial charge is 0.465 e. The Morgan fingerprint density at radius 1 is 1.13 bits per heavy atom. The van der Waals surface area contributed by atoms with Gasteiger partial charge < -0.3 is 4.74 Å². The van der Waals surface area contributed by atoms with Gasteiger partial charge in [0.15, 0.2) is 0 Å². The molecule has 0 saturated heterocycles. The van der Waals surface area contributed by atoms with Crippen LogP contribution in [0.15, 0.2) is 55.2 Å². The summed E-state index contributed by atoms with van der Waals surface area (Å²) >= 11 is 1.49. The number of hydrogen-bond donors (Lipinski definition) is 0. The number of hydrogen-bond acceptors (Lipinski definition) is 6. The minimum absolute atomic E-state index is 0.396. The van der Waals surface area contributed by atoms with E-state index in [-0.39, 0.29) is 0 Å². The summed E-state index contributed by atoms with van der Waals surface area (Å²) in [4.78, 5) is 25.4. The lowest BCUT2D eigenvalue weighted by Crippen LogP contribution is -2.03. The molecule has 114 valence electrons. The maximum Gasteiger partial charge on any atom is 0.338 e. The lowest BCUT2D eigenvalue weighted by Gasteiger charge is -2.04. The predicted molar refractivity (Wildman–Crippen MR) is 89.5 cm³/mol. The van der Waals surface area contributed by atoms with Gasteiger partial charge in [-0.3, -0.25) is 9.97 Å². The van der Waals surface area contributed by atoms with E-state index in [1.807, 2.05) is 12.1 Å². The van der Waals surface area contributed by atoms with E-state index in [0.717, 1.165) is 21.0 Å². The number of rotatable bonds is 4. The number of pyridine rings is 2. The lowest BCUT2D eigenvalue weighted by atomic mass is 10.1. The monoisotopic (exact) mass is 323 g/mol. The molecule has 0 aliphatic heterocycles. The Kier molecular flexibility index (Phi) is 4.54. The summed E-state index contributed by atoms with van der Waals surface area (Å²) in [6.45, 7) is 0. The molecule has 6 heteroatoms. The molecule has 5 nitrogen and oxygen atoms in total. The molecule has 0 amide bonds. The Balaban J connectivity index is 1.98. The van der Waals surface area contributed by atoms with Crippen LogP contribution in [0.5, 0.6) is 0 Å². The molecule has 0 aliphatic rings. The fourth-order valence-corrected chi connectivity index (χ4v) is 2.87. The number of esters is 1. The first kappa shape index (κ1) is 15.1. The van der Waals surface area contributed by atoms with Gasteiger partial charge in [0, 0.05) is 41.4 Å². The molecule has 0 unspecified atom stereocenters. The van der Waals surface area contributed by atoms with Crippen molar-refractivity contribution in [3.63, 3.8) is 0 Å². The maximum atomic E-state index is 12.1. The van der Waals surface area contributed by atoms with Gasteiger partial charge in [-0.05, 0) is 35.9 Å². The van der Waals surface area contributed by atoms with Crippen LogP contribution in [0.1, 0.15) is 10.4 Å². The average molecular weight is 323 g/mol. The molecule has 0 radical (unpaired) electrons. The quantitative estimate of drug-likeness (QED) is 0.544. The summed E-state index contributed by atoms with van der Waals surface area (Å²) in [5, 5.41) is 0.850. The number of aromatic nitrogens is 3. The zero-order valence-corrected chi connectivity index (χ0v) is 13.2. The van der Waals surface area contributed by atoms with Crippen molar-refractivity contribution in [2.24, 2.45) is 0 Å². The Bertz CT molecular complexity index is 829. The van der Waals surface area contributed by atoms with Gasteiger partial charge in [0.2, 0.25) is 0 Å². The number of nitrogens with zero attached hydrogens (tertiary/aromatic N) is 3. The van der Waals surface area contributed by atoms with Crippen LogP contribution in [0, 0.1) is 0 Å². The first-order chi connectivity index (χ1) is 11.3. The van der Waals surface area contributed by atoms with Crippen molar-refractivity contribution < 1.29 is 9.53 Å². The average Bonchev–Trinajstić information content (AvgIpc) is 3.09.